The van der Waals surface area contributed by atoms with E-state index in [9.17, 15) is 19.6 Å². The number of halogens is 1. The molecule has 0 saturated carbocycles. The van der Waals surface area contributed by atoms with Crippen molar-refractivity contribution in [3.05, 3.63) is 16.5 Å². The van der Waals surface area contributed by atoms with Gasteiger partial charge in [0.2, 0.25) is 0 Å². The molecule has 12 nitrogen and oxygen atoms in total. The first kappa shape index (κ1) is 23.4. The van der Waals surface area contributed by atoms with Crippen LogP contribution >= 0.6 is 15.9 Å². The number of carbonyl (C=O) groups is 3. The van der Waals surface area contributed by atoms with E-state index < -0.39 is 41.9 Å². The standard InChI is InChI=1S/C19H20BrN5O7/c1-8(26)29-6-19(4)14(31-10(3)28)13(30-9(2)27)18(32-19)25-15(20)11(5-21)12-16(22)23-7-24-17(12)25/h7,13-14,18H,6H2,1-4H3,(H2,22,23,24)/t13-,14-,18+,19+/m0/s1. The first-order valence-corrected chi connectivity index (χ1v) is 10.1. The third kappa shape index (κ3) is 4.11. The van der Waals surface area contributed by atoms with Crippen LogP contribution in [0.25, 0.3) is 11.0 Å². The lowest BCUT2D eigenvalue weighted by molar-refractivity contribution is -0.174. The van der Waals surface area contributed by atoms with Crippen LogP contribution in [0, 0.1) is 11.3 Å². The van der Waals surface area contributed by atoms with Crippen LogP contribution in [0.5, 0.6) is 0 Å². The van der Waals surface area contributed by atoms with Crippen LogP contribution in [-0.2, 0) is 33.3 Å². The fourth-order valence-electron chi connectivity index (χ4n) is 3.61. The third-order valence-electron chi connectivity index (χ3n) is 4.85. The summed E-state index contributed by atoms with van der Waals surface area (Å²) in [6, 6.07) is 2.04. The second kappa shape index (κ2) is 8.71. The van der Waals surface area contributed by atoms with E-state index >= 15 is 0 Å². The number of rotatable bonds is 5. The van der Waals surface area contributed by atoms with Gasteiger partial charge in [-0.05, 0) is 22.9 Å². The Morgan fingerprint density at radius 3 is 2.47 bits per heavy atom. The molecule has 0 bridgehead atoms. The van der Waals surface area contributed by atoms with E-state index in [0.717, 1.165) is 0 Å². The molecular weight excluding hydrogens is 490 g/mol. The van der Waals surface area contributed by atoms with Gasteiger partial charge in [-0.2, -0.15) is 5.26 Å². The molecule has 2 aromatic heterocycles. The molecule has 3 heterocycles. The molecule has 0 aliphatic carbocycles. The van der Waals surface area contributed by atoms with Gasteiger partial charge in [0, 0.05) is 20.8 Å². The fraction of sp³-hybridized carbons (Fsp3) is 0.474. The molecule has 0 spiro atoms. The largest absolute Gasteiger partial charge is 0.463 e. The molecular formula is C19H20BrN5O7. The Morgan fingerprint density at radius 1 is 1.25 bits per heavy atom. The number of ether oxygens (including phenoxy) is 4. The second-order valence-corrected chi connectivity index (χ2v) is 8.06. The van der Waals surface area contributed by atoms with E-state index in [1.807, 2.05) is 6.07 Å². The van der Waals surface area contributed by atoms with Crippen molar-refractivity contribution in [1.29, 1.82) is 5.26 Å². The fourth-order valence-corrected chi connectivity index (χ4v) is 4.27. The summed E-state index contributed by atoms with van der Waals surface area (Å²) in [7, 11) is 0. The third-order valence-corrected chi connectivity index (χ3v) is 5.63. The maximum Gasteiger partial charge on any atom is 0.303 e. The Bertz CT molecular complexity index is 1140. The highest BCUT2D eigenvalue weighted by Gasteiger charge is 2.58. The zero-order valence-corrected chi connectivity index (χ0v) is 19.2. The summed E-state index contributed by atoms with van der Waals surface area (Å²) in [6.07, 6.45) is -2.25. The van der Waals surface area contributed by atoms with Crippen molar-refractivity contribution in [1.82, 2.24) is 14.5 Å². The summed E-state index contributed by atoms with van der Waals surface area (Å²) in [5, 5.41) is 9.94. The number of nitrogen functional groups attached to an aromatic ring is 1. The van der Waals surface area contributed by atoms with Gasteiger partial charge in [-0.3, -0.25) is 19.0 Å². The molecule has 32 heavy (non-hydrogen) atoms. The molecule has 0 unspecified atom stereocenters. The SMILES string of the molecule is CC(=O)OC[C@@]1(C)O[C@@H](n2c(Br)c(C#N)c3c(N)ncnc32)[C@@H](OC(C)=O)[C@@H]1OC(C)=O. The number of nitriles is 1. The monoisotopic (exact) mass is 509 g/mol. The molecule has 3 rings (SSSR count). The highest BCUT2D eigenvalue weighted by molar-refractivity contribution is 9.10. The van der Waals surface area contributed by atoms with Crippen molar-refractivity contribution in [2.24, 2.45) is 0 Å². The number of carbonyl (C=O) groups excluding carboxylic acids is 3. The molecule has 170 valence electrons. The van der Waals surface area contributed by atoms with Crippen molar-refractivity contribution < 1.29 is 33.3 Å². The lowest BCUT2D eigenvalue weighted by Gasteiger charge is -2.29. The van der Waals surface area contributed by atoms with Gasteiger partial charge in [-0.1, -0.05) is 0 Å². The summed E-state index contributed by atoms with van der Waals surface area (Å²) in [4.78, 5) is 43.4. The smallest absolute Gasteiger partial charge is 0.303 e. The van der Waals surface area contributed by atoms with Gasteiger partial charge in [0.15, 0.2) is 18.4 Å². The van der Waals surface area contributed by atoms with Crippen LogP contribution in [0.1, 0.15) is 39.5 Å². The molecule has 4 atom stereocenters. The minimum absolute atomic E-state index is 0.0623. The van der Waals surface area contributed by atoms with Crippen molar-refractivity contribution >= 4 is 50.7 Å². The Morgan fingerprint density at radius 2 is 1.91 bits per heavy atom. The number of hydrogen-bond donors (Lipinski definition) is 1. The number of aromatic nitrogens is 3. The van der Waals surface area contributed by atoms with Crippen LogP contribution in [0.4, 0.5) is 5.82 Å². The maximum absolute atomic E-state index is 11.9. The van der Waals surface area contributed by atoms with E-state index in [0.29, 0.717) is 0 Å². The normalized spacial score (nSPS) is 24.7. The quantitative estimate of drug-likeness (QED) is 0.455. The molecule has 0 amide bonds. The van der Waals surface area contributed by atoms with Crippen molar-refractivity contribution in [2.75, 3.05) is 12.3 Å². The Kier molecular flexibility index (Phi) is 6.38. The van der Waals surface area contributed by atoms with E-state index in [-0.39, 0.29) is 33.6 Å². The van der Waals surface area contributed by atoms with Gasteiger partial charge < -0.3 is 24.7 Å². The van der Waals surface area contributed by atoms with Gasteiger partial charge in [0.1, 0.15) is 40.7 Å². The predicted molar refractivity (Wildman–Crippen MR) is 111 cm³/mol. The number of nitrogens with two attached hydrogens (primary N) is 1. The van der Waals surface area contributed by atoms with Gasteiger partial charge >= 0.3 is 17.9 Å². The topological polar surface area (TPSA) is 169 Å². The average molecular weight is 510 g/mol. The van der Waals surface area contributed by atoms with Crippen LogP contribution in [0.3, 0.4) is 0 Å². The van der Waals surface area contributed by atoms with Gasteiger partial charge in [0.05, 0.1) is 10.9 Å². The molecule has 1 fully saturated rings. The summed E-state index contributed by atoms with van der Waals surface area (Å²) >= 11 is 3.37. The Hall–Kier alpha value is -3.24. The van der Waals surface area contributed by atoms with Crippen LogP contribution in [0.2, 0.25) is 0 Å². The van der Waals surface area contributed by atoms with E-state index in [1.165, 1.54) is 31.7 Å². The summed E-state index contributed by atoms with van der Waals surface area (Å²) in [5.74, 6) is -1.85. The lowest BCUT2D eigenvalue weighted by Crippen LogP contribution is -2.48. The van der Waals surface area contributed by atoms with Crippen molar-refractivity contribution in [3.63, 3.8) is 0 Å². The maximum atomic E-state index is 11.9. The van der Waals surface area contributed by atoms with E-state index in [1.54, 1.807) is 6.92 Å². The van der Waals surface area contributed by atoms with E-state index in [2.05, 4.69) is 25.9 Å². The number of fused-ring (bicyclic) bond motifs is 1. The predicted octanol–water partition coefficient (Wildman–Crippen LogP) is 1.36. The number of hydrogen-bond acceptors (Lipinski definition) is 11. The molecule has 1 aliphatic heterocycles. The van der Waals surface area contributed by atoms with Gasteiger partial charge in [-0.15, -0.1) is 0 Å². The van der Waals surface area contributed by atoms with Gasteiger partial charge in [0.25, 0.3) is 0 Å². The number of anilines is 1. The second-order valence-electron chi connectivity index (χ2n) is 7.31. The Labute approximate surface area is 190 Å². The molecule has 0 radical (unpaired) electrons. The highest BCUT2D eigenvalue weighted by Crippen LogP contribution is 2.45. The first-order valence-electron chi connectivity index (χ1n) is 9.35. The molecule has 1 aliphatic rings. The molecule has 2 N–H and O–H groups in total. The Balaban J connectivity index is 2.22. The van der Waals surface area contributed by atoms with Crippen molar-refractivity contribution in [3.8, 4) is 6.07 Å². The lowest BCUT2D eigenvalue weighted by atomic mass is 9.97. The van der Waals surface area contributed by atoms with E-state index in [4.69, 9.17) is 24.7 Å². The molecule has 13 heteroatoms. The van der Waals surface area contributed by atoms with Crippen LogP contribution in [0.15, 0.2) is 10.9 Å². The molecule has 1 saturated heterocycles. The summed E-state index contributed by atoms with van der Waals surface area (Å²) in [6.45, 7) is 4.84. The van der Waals surface area contributed by atoms with Crippen LogP contribution in [-0.4, -0.2) is 56.9 Å². The van der Waals surface area contributed by atoms with Gasteiger partial charge in [-0.25, -0.2) is 9.97 Å². The minimum Gasteiger partial charge on any atom is -0.463 e. The molecule has 0 aromatic carbocycles. The first-order chi connectivity index (χ1) is 15.0. The number of nitrogens with zero attached hydrogens (tertiary/aromatic N) is 4. The molecule has 2 aromatic rings. The zero-order valence-electron chi connectivity index (χ0n) is 17.6. The van der Waals surface area contributed by atoms with Crippen molar-refractivity contribution in [2.45, 2.75) is 51.7 Å². The van der Waals surface area contributed by atoms with Crippen LogP contribution < -0.4 is 5.73 Å². The minimum atomic E-state index is -1.40. The number of esters is 3. The highest BCUT2D eigenvalue weighted by atomic mass is 79.9. The summed E-state index contributed by atoms with van der Waals surface area (Å²) < 4.78 is 23.9. The summed E-state index contributed by atoms with van der Waals surface area (Å²) in [5.41, 5.74) is 4.93. The average Bonchev–Trinajstić information content (AvgIpc) is 3.12. The zero-order chi connectivity index (χ0) is 23.8.